The van der Waals surface area contributed by atoms with Gasteiger partial charge < -0.3 is 15.2 Å². The van der Waals surface area contributed by atoms with Crippen LogP contribution in [0.1, 0.15) is 24.6 Å². The average Bonchev–Trinajstić information content (AvgIpc) is 3.30. The van der Waals surface area contributed by atoms with E-state index in [4.69, 9.17) is 5.26 Å². The molecule has 0 aliphatic carbocycles. The van der Waals surface area contributed by atoms with Crippen LogP contribution in [0.25, 0.3) is 21.6 Å². The Kier molecular flexibility index (Phi) is 5.01. The normalized spacial score (nSPS) is 19.5. The van der Waals surface area contributed by atoms with Crippen molar-refractivity contribution in [3.05, 3.63) is 29.5 Å². The van der Waals surface area contributed by atoms with Gasteiger partial charge in [0, 0.05) is 48.0 Å². The van der Waals surface area contributed by atoms with Gasteiger partial charge in [-0.2, -0.15) is 5.26 Å². The summed E-state index contributed by atoms with van der Waals surface area (Å²) in [6.07, 6.45) is 6.49. The summed E-state index contributed by atoms with van der Waals surface area (Å²) in [6, 6.07) is 4.08. The fourth-order valence-corrected chi connectivity index (χ4v) is 4.63. The van der Waals surface area contributed by atoms with Gasteiger partial charge in [-0.25, -0.2) is 9.97 Å². The highest BCUT2D eigenvalue weighted by atomic mass is 32.1. The lowest BCUT2D eigenvalue weighted by Crippen LogP contribution is -2.48. The Labute approximate surface area is 167 Å². The van der Waals surface area contributed by atoms with Gasteiger partial charge >= 0.3 is 0 Å². The summed E-state index contributed by atoms with van der Waals surface area (Å²) in [4.78, 5) is 27.4. The van der Waals surface area contributed by atoms with Gasteiger partial charge in [0.15, 0.2) is 0 Å². The second kappa shape index (κ2) is 7.60. The molecule has 1 saturated heterocycles. The smallest absolute Gasteiger partial charge is 0.236 e. The number of nitrogens with zero attached hydrogens (tertiary/aromatic N) is 4. The number of piperidine rings is 1. The van der Waals surface area contributed by atoms with Gasteiger partial charge in [-0.3, -0.25) is 4.79 Å². The maximum Gasteiger partial charge on any atom is 0.236 e. The van der Waals surface area contributed by atoms with Crippen LogP contribution in [-0.4, -0.2) is 44.9 Å². The van der Waals surface area contributed by atoms with E-state index in [1.54, 1.807) is 16.2 Å². The minimum Gasteiger partial charge on any atom is -0.379 e. The minimum absolute atomic E-state index is 0.0691. The Balaban J connectivity index is 1.67. The molecule has 0 bridgehead atoms. The van der Waals surface area contributed by atoms with Crippen LogP contribution >= 0.6 is 11.3 Å². The first kappa shape index (κ1) is 18.4. The molecule has 0 radical (unpaired) electrons. The largest absolute Gasteiger partial charge is 0.379 e. The lowest BCUT2D eigenvalue weighted by atomic mass is 9.95. The molecule has 28 heavy (non-hydrogen) atoms. The number of rotatable bonds is 4. The zero-order valence-corrected chi connectivity index (χ0v) is 16.7. The third-order valence-electron chi connectivity index (χ3n) is 5.03. The van der Waals surface area contributed by atoms with Crippen molar-refractivity contribution in [2.45, 2.75) is 32.7 Å². The van der Waals surface area contributed by atoms with E-state index >= 15 is 0 Å². The number of carbonyl (C=O) groups is 1. The van der Waals surface area contributed by atoms with Crippen molar-refractivity contribution in [3.8, 4) is 16.6 Å². The van der Waals surface area contributed by atoms with Gasteiger partial charge in [0.2, 0.25) is 5.91 Å². The number of nitriles is 1. The molecule has 0 saturated carbocycles. The number of likely N-dealkylation sites (tertiary alicyclic amines) is 1. The molecule has 2 atom stereocenters. The van der Waals surface area contributed by atoms with Crippen molar-refractivity contribution in [1.29, 1.82) is 5.26 Å². The summed E-state index contributed by atoms with van der Waals surface area (Å²) in [6.45, 7) is 5.48. The molecule has 2 N–H and O–H groups in total. The van der Waals surface area contributed by atoms with Crippen LogP contribution in [0.3, 0.4) is 0 Å². The van der Waals surface area contributed by atoms with E-state index in [0.717, 1.165) is 38.6 Å². The Morgan fingerprint density at radius 2 is 2.29 bits per heavy atom. The Morgan fingerprint density at radius 3 is 3.04 bits per heavy atom. The minimum atomic E-state index is -0.0989. The molecule has 0 unspecified atom stereocenters. The molecule has 1 amide bonds. The van der Waals surface area contributed by atoms with Crippen molar-refractivity contribution in [2.75, 3.05) is 18.4 Å². The molecular formula is C20H22N6OS. The number of amides is 1. The molecular weight excluding hydrogens is 372 g/mol. The molecule has 3 aromatic heterocycles. The molecule has 144 valence electrons. The number of fused-ring (bicyclic) bond motifs is 1. The SMILES string of the molecule is Cc1cnc(-c2cnc3[nH]ccc3c2N[C@@H]2C[C@H](C)CN(C(=O)CC#N)C2)s1. The van der Waals surface area contributed by atoms with E-state index in [-0.39, 0.29) is 18.4 Å². The number of aryl methyl sites for hydroxylation is 1. The summed E-state index contributed by atoms with van der Waals surface area (Å²) in [7, 11) is 0. The highest BCUT2D eigenvalue weighted by Gasteiger charge is 2.29. The number of aromatic nitrogens is 3. The van der Waals surface area contributed by atoms with Crippen LogP contribution in [0, 0.1) is 24.2 Å². The lowest BCUT2D eigenvalue weighted by Gasteiger charge is -2.37. The summed E-state index contributed by atoms with van der Waals surface area (Å²) in [5.74, 6) is 0.265. The number of nitrogens with one attached hydrogen (secondary N) is 2. The average molecular weight is 395 g/mol. The van der Waals surface area contributed by atoms with Gasteiger partial charge in [0.1, 0.15) is 17.1 Å². The van der Waals surface area contributed by atoms with Crippen LogP contribution in [0.5, 0.6) is 0 Å². The quantitative estimate of drug-likeness (QED) is 0.705. The lowest BCUT2D eigenvalue weighted by molar-refractivity contribution is -0.132. The van der Waals surface area contributed by atoms with Crippen LogP contribution in [0.15, 0.2) is 24.7 Å². The predicted molar refractivity (Wildman–Crippen MR) is 110 cm³/mol. The zero-order chi connectivity index (χ0) is 19.7. The standard InChI is InChI=1S/C20H22N6OS/c1-12-7-14(11-26(10-12)17(27)3-5-21)25-18-15-4-6-22-19(15)23-9-16(18)20-24-8-13(2)28-20/h4,6,8-9,12,14H,3,7,10-11H2,1-2H3,(H2,22,23,25)/t12-,14+/m0/s1. The molecule has 1 aliphatic rings. The third kappa shape index (κ3) is 3.58. The van der Waals surface area contributed by atoms with Crippen LogP contribution in [-0.2, 0) is 4.79 Å². The van der Waals surface area contributed by atoms with E-state index in [0.29, 0.717) is 19.0 Å². The van der Waals surface area contributed by atoms with Crippen LogP contribution in [0.2, 0.25) is 0 Å². The molecule has 0 spiro atoms. The number of hydrogen-bond donors (Lipinski definition) is 2. The molecule has 4 heterocycles. The molecule has 1 fully saturated rings. The van der Waals surface area contributed by atoms with Gasteiger partial charge in [-0.1, -0.05) is 6.92 Å². The number of thiazole rings is 1. The molecule has 7 nitrogen and oxygen atoms in total. The number of carbonyl (C=O) groups excluding carboxylic acids is 1. The van der Waals surface area contributed by atoms with E-state index in [1.165, 1.54) is 0 Å². The fourth-order valence-electron chi connectivity index (χ4n) is 3.85. The maximum absolute atomic E-state index is 12.3. The molecule has 4 rings (SSSR count). The first-order chi connectivity index (χ1) is 13.5. The van der Waals surface area contributed by atoms with Gasteiger partial charge in [0.05, 0.1) is 17.3 Å². The molecule has 0 aromatic carbocycles. The Morgan fingerprint density at radius 1 is 1.43 bits per heavy atom. The third-order valence-corrected chi connectivity index (χ3v) is 5.98. The van der Waals surface area contributed by atoms with Crippen molar-refractivity contribution in [1.82, 2.24) is 19.9 Å². The van der Waals surface area contributed by atoms with Crippen molar-refractivity contribution < 1.29 is 4.79 Å². The second-order valence-electron chi connectivity index (χ2n) is 7.38. The van der Waals surface area contributed by atoms with E-state index < -0.39 is 0 Å². The fraction of sp³-hybridized carbons (Fsp3) is 0.400. The van der Waals surface area contributed by atoms with Gasteiger partial charge in [0.25, 0.3) is 0 Å². The topological polar surface area (TPSA) is 97.7 Å². The molecule has 3 aromatic rings. The molecule has 8 heteroatoms. The summed E-state index contributed by atoms with van der Waals surface area (Å²) in [5.41, 5.74) is 2.78. The van der Waals surface area contributed by atoms with Gasteiger partial charge in [-0.15, -0.1) is 11.3 Å². The number of hydrogen-bond acceptors (Lipinski definition) is 6. The van der Waals surface area contributed by atoms with E-state index in [1.807, 2.05) is 37.6 Å². The maximum atomic E-state index is 12.3. The zero-order valence-electron chi connectivity index (χ0n) is 15.9. The highest BCUT2D eigenvalue weighted by molar-refractivity contribution is 7.15. The molecule has 1 aliphatic heterocycles. The summed E-state index contributed by atoms with van der Waals surface area (Å²) in [5, 5.41) is 14.5. The number of H-pyrrole nitrogens is 1. The number of aromatic amines is 1. The van der Waals surface area contributed by atoms with Gasteiger partial charge in [-0.05, 0) is 25.3 Å². The van der Waals surface area contributed by atoms with Crippen molar-refractivity contribution in [2.24, 2.45) is 5.92 Å². The van der Waals surface area contributed by atoms with Crippen molar-refractivity contribution in [3.63, 3.8) is 0 Å². The monoisotopic (exact) mass is 394 g/mol. The number of anilines is 1. The van der Waals surface area contributed by atoms with Crippen LogP contribution in [0.4, 0.5) is 5.69 Å². The van der Waals surface area contributed by atoms with E-state index in [2.05, 4.69) is 27.2 Å². The second-order valence-corrected chi connectivity index (χ2v) is 8.61. The Hall–Kier alpha value is -2.92. The number of pyridine rings is 1. The summed E-state index contributed by atoms with van der Waals surface area (Å²) >= 11 is 1.64. The Bertz CT molecular complexity index is 1050. The predicted octanol–water partition coefficient (Wildman–Crippen LogP) is 3.56. The summed E-state index contributed by atoms with van der Waals surface area (Å²) < 4.78 is 0. The first-order valence-corrected chi connectivity index (χ1v) is 10.2. The first-order valence-electron chi connectivity index (χ1n) is 9.35. The van der Waals surface area contributed by atoms with E-state index in [9.17, 15) is 4.79 Å². The highest BCUT2D eigenvalue weighted by Crippen LogP contribution is 2.36. The van der Waals surface area contributed by atoms with Crippen LogP contribution < -0.4 is 5.32 Å². The van der Waals surface area contributed by atoms with Crippen molar-refractivity contribution >= 4 is 34.0 Å².